The molecule has 0 unspecified atom stereocenters. The van der Waals surface area contributed by atoms with Crippen LogP contribution >= 0.6 is 0 Å². The summed E-state index contributed by atoms with van der Waals surface area (Å²) >= 11 is 0. The molecule has 0 fully saturated rings. The molecule has 0 saturated heterocycles. The number of nitrogens with one attached hydrogen (secondary N) is 1. The van der Waals surface area contributed by atoms with E-state index in [0.29, 0.717) is 24.2 Å². The number of anilines is 1. The van der Waals surface area contributed by atoms with E-state index in [4.69, 9.17) is 15.4 Å². The lowest BCUT2D eigenvalue weighted by Gasteiger charge is -2.06. The van der Waals surface area contributed by atoms with Crippen LogP contribution in [0.4, 0.5) is 5.88 Å². The van der Waals surface area contributed by atoms with Gasteiger partial charge in [-0.2, -0.15) is 0 Å². The van der Waals surface area contributed by atoms with E-state index in [2.05, 4.69) is 15.5 Å². The molecule has 0 bridgehead atoms. The lowest BCUT2D eigenvalue weighted by molar-refractivity contribution is 0.0696. The molecule has 0 radical (unpaired) electrons. The van der Waals surface area contributed by atoms with E-state index >= 15 is 0 Å². The summed E-state index contributed by atoms with van der Waals surface area (Å²) in [6.07, 6.45) is 3.64. The van der Waals surface area contributed by atoms with Crippen LogP contribution in [0, 0.1) is 0 Å². The minimum absolute atomic E-state index is 0.0748. The summed E-state index contributed by atoms with van der Waals surface area (Å²) in [5.41, 5.74) is 7.83. The van der Waals surface area contributed by atoms with Crippen molar-refractivity contribution >= 4 is 17.8 Å². The van der Waals surface area contributed by atoms with Crippen LogP contribution in [-0.4, -0.2) is 33.7 Å². The van der Waals surface area contributed by atoms with Gasteiger partial charge in [-0.15, -0.1) is 0 Å². The third-order valence-corrected chi connectivity index (χ3v) is 3.75. The molecule has 8 heteroatoms. The summed E-state index contributed by atoms with van der Waals surface area (Å²) in [6.45, 7) is 0.305. The summed E-state index contributed by atoms with van der Waals surface area (Å²) in [7, 11) is 0. The van der Waals surface area contributed by atoms with Crippen LogP contribution in [0.25, 0.3) is 11.3 Å². The second kappa shape index (κ2) is 7.47. The Labute approximate surface area is 148 Å². The molecule has 132 valence electrons. The van der Waals surface area contributed by atoms with Crippen LogP contribution in [0.15, 0.2) is 53.3 Å². The molecule has 0 atom stereocenters. The van der Waals surface area contributed by atoms with Crippen LogP contribution in [0.2, 0.25) is 0 Å². The number of amides is 1. The zero-order chi connectivity index (χ0) is 18.5. The Kier molecular flexibility index (Phi) is 4.93. The summed E-state index contributed by atoms with van der Waals surface area (Å²) in [5, 5.41) is 15.6. The number of benzene rings is 1. The van der Waals surface area contributed by atoms with Gasteiger partial charge in [0, 0.05) is 24.5 Å². The predicted molar refractivity (Wildman–Crippen MR) is 93.6 cm³/mol. The maximum Gasteiger partial charge on any atom is 0.335 e. The lowest BCUT2D eigenvalue weighted by Crippen LogP contribution is -2.26. The third-order valence-electron chi connectivity index (χ3n) is 3.75. The molecule has 1 aromatic carbocycles. The van der Waals surface area contributed by atoms with E-state index in [9.17, 15) is 9.59 Å². The fourth-order valence-electron chi connectivity index (χ4n) is 2.49. The highest BCUT2D eigenvalue weighted by Crippen LogP contribution is 2.26. The highest BCUT2D eigenvalue weighted by atomic mass is 16.5. The highest BCUT2D eigenvalue weighted by Gasteiger charge is 2.22. The number of nitrogens with zero attached hydrogens (tertiary/aromatic N) is 2. The minimum Gasteiger partial charge on any atom is -0.478 e. The molecule has 0 aliphatic rings. The quantitative estimate of drug-likeness (QED) is 0.618. The molecule has 2 aromatic heterocycles. The number of pyridine rings is 1. The van der Waals surface area contributed by atoms with Gasteiger partial charge in [0.15, 0.2) is 0 Å². The number of carbonyl (C=O) groups excluding carboxylic acids is 1. The molecule has 2 heterocycles. The summed E-state index contributed by atoms with van der Waals surface area (Å²) in [5.74, 6) is -1.49. The number of aromatic nitrogens is 2. The first kappa shape index (κ1) is 17.2. The minimum atomic E-state index is -0.991. The largest absolute Gasteiger partial charge is 0.478 e. The average molecular weight is 352 g/mol. The van der Waals surface area contributed by atoms with Gasteiger partial charge in [-0.05, 0) is 36.2 Å². The summed E-state index contributed by atoms with van der Waals surface area (Å²) in [4.78, 5) is 27.5. The third kappa shape index (κ3) is 3.69. The standard InChI is InChI=1S/C18H16N4O4/c19-16-14(15(22-26-16)13-5-2-7-20-10-13)17(23)21-8-6-11-3-1-4-12(9-11)18(24)25/h1-5,7,9-10H,6,8,19H2,(H,21,23)(H,24,25). The first-order valence-electron chi connectivity index (χ1n) is 7.82. The maximum atomic E-state index is 12.5. The molecule has 0 aliphatic carbocycles. The molecule has 0 aliphatic heterocycles. The second-order valence-electron chi connectivity index (χ2n) is 5.52. The van der Waals surface area contributed by atoms with Gasteiger partial charge in [0.1, 0.15) is 11.3 Å². The number of rotatable bonds is 6. The van der Waals surface area contributed by atoms with Crippen molar-refractivity contribution in [2.75, 3.05) is 12.3 Å². The number of carbonyl (C=O) groups is 2. The Bertz CT molecular complexity index is 937. The van der Waals surface area contributed by atoms with Gasteiger partial charge >= 0.3 is 5.97 Å². The number of carboxylic acid groups (broad SMARTS) is 1. The topological polar surface area (TPSA) is 131 Å². The van der Waals surface area contributed by atoms with E-state index in [1.807, 2.05) is 0 Å². The fourth-order valence-corrected chi connectivity index (χ4v) is 2.49. The van der Waals surface area contributed by atoms with Crippen LogP contribution < -0.4 is 11.1 Å². The fraction of sp³-hybridized carbons (Fsp3) is 0.111. The van der Waals surface area contributed by atoms with Crippen molar-refractivity contribution < 1.29 is 19.2 Å². The van der Waals surface area contributed by atoms with Crippen molar-refractivity contribution in [3.8, 4) is 11.3 Å². The van der Waals surface area contributed by atoms with E-state index < -0.39 is 11.9 Å². The molecule has 8 nitrogen and oxygen atoms in total. The monoisotopic (exact) mass is 352 g/mol. The number of hydrogen-bond donors (Lipinski definition) is 3. The molecule has 4 N–H and O–H groups in total. The van der Waals surface area contributed by atoms with Crippen LogP contribution in [0.1, 0.15) is 26.3 Å². The first-order valence-corrected chi connectivity index (χ1v) is 7.82. The maximum absolute atomic E-state index is 12.5. The second-order valence-corrected chi connectivity index (χ2v) is 5.52. The Balaban J connectivity index is 1.69. The first-order chi connectivity index (χ1) is 12.6. The Morgan fingerprint density at radius 3 is 2.81 bits per heavy atom. The van der Waals surface area contributed by atoms with E-state index in [1.54, 1.807) is 42.7 Å². The van der Waals surface area contributed by atoms with E-state index in [0.717, 1.165) is 5.56 Å². The van der Waals surface area contributed by atoms with Crippen molar-refractivity contribution in [1.82, 2.24) is 15.5 Å². The van der Waals surface area contributed by atoms with E-state index in [1.165, 1.54) is 6.07 Å². The van der Waals surface area contributed by atoms with Crippen molar-refractivity contribution in [2.24, 2.45) is 0 Å². The number of nitrogens with two attached hydrogens (primary N) is 1. The normalized spacial score (nSPS) is 10.5. The predicted octanol–water partition coefficient (Wildman–Crippen LogP) is 1.99. The van der Waals surface area contributed by atoms with Gasteiger partial charge in [0.05, 0.1) is 5.56 Å². The molecule has 0 saturated carbocycles. The van der Waals surface area contributed by atoms with Crippen molar-refractivity contribution in [2.45, 2.75) is 6.42 Å². The van der Waals surface area contributed by atoms with Crippen LogP contribution in [-0.2, 0) is 6.42 Å². The van der Waals surface area contributed by atoms with Crippen LogP contribution in [0.3, 0.4) is 0 Å². The number of carboxylic acids is 1. The zero-order valence-electron chi connectivity index (χ0n) is 13.7. The molecular formula is C18H16N4O4. The van der Waals surface area contributed by atoms with Crippen molar-refractivity contribution in [3.63, 3.8) is 0 Å². The number of nitrogen functional groups attached to an aromatic ring is 1. The molecule has 0 spiro atoms. The van der Waals surface area contributed by atoms with Gasteiger partial charge in [0.2, 0.25) is 5.88 Å². The van der Waals surface area contributed by atoms with Crippen molar-refractivity contribution in [3.05, 3.63) is 65.5 Å². The Morgan fingerprint density at radius 2 is 2.08 bits per heavy atom. The van der Waals surface area contributed by atoms with Crippen molar-refractivity contribution in [1.29, 1.82) is 0 Å². The van der Waals surface area contributed by atoms with Gasteiger partial charge in [-0.25, -0.2) is 4.79 Å². The summed E-state index contributed by atoms with van der Waals surface area (Å²) < 4.78 is 4.95. The van der Waals surface area contributed by atoms with Gasteiger partial charge in [-0.1, -0.05) is 17.3 Å². The molecular weight excluding hydrogens is 336 g/mol. The smallest absolute Gasteiger partial charge is 0.335 e. The Hall–Kier alpha value is -3.68. The molecule has 3 aromatic rings. The molecule has 26 heavy (non-hydrogen) atoms. The number of aromatic carboxylic acids is 1. The molecule has 1 amide bonds. The zero-order valence-corrected chi connectivity index (χ0v) is 13.7. The average Bonchev–Trinajstić information content (AvgIpc) is 3.04. The van der Waals surface area contributed by atoms with Gasteiger partial charge in [0.25, 0.3) is 5.91 Å². The highest BCUT2D eigenvalue weighted by molar-refractivity contribution is 6.03. The molecule has 3 rings (SSSR count). The lowest BCUT2D eigenvalue weighted by atomic mass is 10.1. The van der Waals surface area contributed by atoms with Gasteiger partial charge < -0.3 is 20.7 Å². The number of hydrogen-bond acceptors (Lipinski definition) is 6. The Morgan fingerprint density at radius 1 is 1.23 bits per heavy atom. The van der Waals surface area contributed by atoms with Gasteiger partial charge in [-0.3, -0.25) is 9.78 Å². The summed E-state index contributed by atoms with van der Waals surface area (Å²) in [6, 6.07) is 10.0. The SMILES string of the molecule is Nc1onc(-c2cccnc2)c1C(=O)NCCc1cccc(C(=O)O)c1. The van der Waals surface area contributed by atoms with Crippen LogP contribution in [0.5, 0.6) is 0 Å². The van der Waals surface area contributed by atoms with E-state index in [-0.39, 0.29) is 17.0 Å².